The SMILES string of the molecule is O=C([O-])CCCNC(=O)/C(=C\c1ccc(Cl)cc1)NC(=O)c1ccccc1Br. The second-order valence-electron chi connectivity index (χ2n) is 5.77. The fourth-order valence-corrected chi connectivity index (χ4v) is 2.84. The van der Waals surface area contributed by atoms with Gasteiger partial charge < -0.3 is 20.5 Å². The zero-order valence-corrected chi connectivity index (χ0v) is 17.0. The van der Waals surface area contributed by atoms with Crippen molar-refractivity contribution in [2.24, 2.45) is 0 Å². The number of aliphatic carboxylic acids is 1. The number of nitrogens with one attached hydrogen (secondary N) is 2. The van der Waals surface area contributed by atoms with Crippen molar-refractivity contribution in [2.75, 3.05) is 6.54 Å². The standard InChI is InChI=1S/C20H18BrClN2O4/c21-16-5-2-1-4-15(16)19(27)24-17(12-13-7-9-14(22)10-8-13)20(28)23-11-3-6-18(25)26/h1-2,4-5,7-10,12H,3,6,11H2,(H,23,28)(H,24,27)(H,25,26)/p-1/b17-12+. The number of rotatable bonds is 8. The molecule has 0 radical (unpaired) electrons. The Labute approximate surface area is 175 Å². The van der Waals surface area contributed by atoms with Gasteiger partial charge >= 0.3 is 0 Å². The minimum absolute atomic E-state index is 0.0246. The van der Waals surface area contributed by atoms with Gasteiger partial charge in [-0.3, -0.25) is 9.59 Å². The first-order valence-electron chi connectivity index (χ1n) is 8.38. The lowest BCUT2D eigenvalue weighted by molar-refractivity contribution is -0.305. The van der Waals surface area contributed by atoms with Gasteiger partial charge in [-0.1, -0.05) is 35.9 Å². The molecule has 146 valence electrons. The molecule has 0 aliphatic rings. The van der Waals surface area contributed by atoms with Crippen LogP contribution in [0.3, 0.4) is 0 Å². The number of carbonyl (C=O) groups excluding carboxylic acids is 3. The molecule has 0 unspecified atom stereocenters. The molecule has 2 rings (SSSR count). The molecule has 2 aromatic carbocycles. The number of hydrogen-bond donors (Lipinski definition) is 2. The molecule has 0 aromatic heterocycles. The average molecular weight is 465 g/mol. The quantitative estimate of drug-likeness (QED) is 0.463. The maximum Gasteiger partial charge on any atom is 0.267 e. The molecule has 0 saturated heterocycles. The van der Waals surface area contributed by atoms with E-state index in [0.29, 0.717) is 20.6 Å². The Morgan fingerprint density at radius 2 is 1.75 bits per heavy atom. The van der Waals surface area contributed by atoms with Crippen LogP contribution in [0.4, 0.5) is 0 Å². The van der Waals surface area contributed by atoms with Gasteiger partial charge in [0.25, 0.3) is 11.8 Å². The second kappa shape index (κ2) is 10.6. The van der Waals surface area contributed by atoms with Crippen molar-refractivity contribution in [3.8, 4) is 0 Å². The monoisotopic (exact) mass is 463 g/mol. The number of amides is 2. The summed E-state index contributed by atoms with van der Waals surface area (Å²) in [7, 11) is 0. The molecular weight excluding hydrogens is 448 g/mol. The van der Waals surface area contributed by atoms with Crippen LogP contribution in [0.2, 0.25) is 5.02 Å². The van der Waals surface area contributed by atoms with Crippen molar-refractivity contribution < 1.29 is 19.5 Å². The molecule has 28 heavy (non-hydrogen) atoms. The van der Waals surface area contributed by atoms with Gasteiger partial charge in [0.05, 0.1) is 5.56 Å². The van der Waals surface area contributed by atoms with Crippen LogP contribution >= 0.6 is 27.5 Å². The van der Waals surface area contributed by atoms with Gasteiger partial charge in [-0.2, -0.15) is 0 Å². The van der Waals surface area contributed by atoms with Crippen molar-refractivity contribution in [3.05, 3.63) is 74.9 Å². The van der Waals surface area contributed by atoms with Crippen LogP contribution in [0.1, 0.15) is 28.8 Å². The van der Waals surface area contributed by atoms with E-state index < -0.39 is 17.8 Å². The predicted molar refractivity (Wildman–Crippen MR) is 108 cm³/mol. The van der Waals surface area contributed by atoms with Gasteiger partial charge in [0.15, 0.2) is 0 Å². The number of benzene rings is 2. The third-order valence-corrected chi connectivity index (χ3v) is 4.58. The van der Waals surface area contributed by atoms with E-state index in [0.717, 1.165) is 0 Å². The predicted octanol–water partition coefficient (Wildman–Crippen LogP) is 2.52. The van der Waals surface area contributed by atoms with Crippen LogP contribution in [0.5, 0.6) is 0 Å². The lowest BCUT2D eigenvalue weighted by atomic mass is 10.1. The van der Waals surface area contributed by atoms with E-state index in [9.17, 15) is 19.5 Å². The van der Waals surface area contributed by atoms with E-state index in [1.165, 1.54) is 6.08 Å². The van der Waals surface area contributed by atoms with E-state index in [-0.39, 0.29) is 25.1 Å². The van der Waals surface area contributed by atoms with E-state index in [2.05, 4.69) is 26.6 Å². The van der Waals surface area contributed by atoms with Gasteiger partial charge in [-0.15, -0.1) is 0 Å². The van der Waals surface area contributed by atoms with Crippen molar-refractivity contribution >= 4 is 51.4 Å². The third kappa shape index (κ3) is 6.83. The fraction of sp³-hybridized carbons (Fsp3) is 0.150. The van der Waals surface area contributed by atoms with Crippen molar-refractivity contribution in [3.63, 3.8) is 0 Å². The Morgan fingerprint density at radius 3 is 2.39 bits per heavy atom. The summed E-state index contributed by atoms with van der Waals surface area (Å²) < 4.78 is 0.590. The Morgan fingerprint density at radius 1 is 1.07 bits per heavy atom. The number of hydrogen-bond acceptors (Lipinski definition) is 4. The van der Waals surface area contributed by atoms with Crippen LogP contribution in [0, 0.1) is 0 Å². The van der Waals surface area contributed by atoms with Gasteiger partial charge in [-0.25, -0.2) is 0 Å². The summed E-state index contributed by atoms with van der Waals surface area (Å²) in [6, 6.07) is 13.6. The van der Waals surface area contributed by atoms with Crippen LogP contribution in [0.15, 0.2) is 58.7 Å². The summed E-state index contributed by atoms with van der Waals surface area (Å²) >= 11 is 9.18. The molecule has 0 atom stereocenters. The summed E-state index contributed by atoms with van der Waals surface area (Å²) in [5, 5.41) is 16.2. The highest BCUT2D eigenvalue weighted by Crippen LogP contribution is 2.17. The van der Waals surface area contributed by atoms with Crippen LogP contribution < -0.4 is 15.7 Å². The summed E-state index contributed by atoms with van der Waals surface area (Å²) in [4.78, 5) is 35.6. The van der Waals surface area contributed by atoms with Crippen molar-refractivity contribution in [1.82, 2.24) is 10.6 Å². The first-order chi connectivity index (χ1) is 13.4. The highest BCUT2D eigenvalue weighted by atomic mass is 79.9. The highest BCUT2D eigenvalue weighted by Gasteiger charge is 2.16. The number of carboxylic acid groups (broad SMARTS) is 1. The molecule has 8 heteroatoms. The Hall–Kier alpha value is -2.64. The molecule has 2 amide bonds. The molecule has 0 fully saturated rings. The van der Waals surface area contributed by atoms with Gasteiger partial charge in [-0.05, 0) is 64.7 Å². The lowest BCUT2D eigenvalue weighted by Gasteiger charge is -2.12. The zero-order chi connectivity index (χ0) is 20.5. The summed E-state index contributed by atoms with van der Waals surface area (Å²) in [6.45, 7) is 0.135. The molecule has 2 N–H and O–H groups in total. The Kier molecular flexibility index (Phi) is 8.22. The van der Waals surface area contributed by atoms with Gasteiger partial charge in [0, 0.05) is 22.0 Å². The third-order valence-electron chi connectivity index (χ3n) is 3.64. The second-order valence-corrected chi connectivity index (χ2v) is 7.07. The first-order valence-corrected chi connectivity index (χ1v) is 9.55. The maximum absolute atomic E-state index is 12.6. The lowest BCUT2D eigenvalue weighted by Crippen LogP contribution is -2.35. The van der Waals surface area contributed by atoms with Gasteiger partial charge in [0.1, 0.15) is 5.70 Å². The van der Waals surface area contributed by atoms with Gasteiger partial charge in [0.2, 0.25) is 0 Å². The molecule has 2 aromatic rings. The molecule has 0 aliphatic carbocycles. The fourth-order valence-electron chi connectivity index (χ4n) is 2.25. The molecule has 0 aliphatic heterocycles. The van der Waals surface area contributed by atoms with E-state index >= 15 is 0 Å². The number of halogens is 2. The highest BCUT2D eigenvalue weighted by molar-refractivity contribution is 9.10. The van der Waals surface area contributed by atoms with E-state index in [4.69, 9.17) is 11.6 Å². The maximum atomic E-state index is 12.6. The molecule has 6 nitrogen and oxygen atoms in total. The summed E-state index contributed by atoms with van der Waals surface area (Å²) in [6.07, 6.45) is 1.57. The smallest absolute Gasteiger partial charge is 0.267 e. The Bertz CT molecular complexity index is 897. The van der Waals surface area contributed by atoms with E-state index in [1.807, 2.05) is 0 Å². The molecule has 0 spiro atoms. The summed E-state index contributed by atoms with van der Waals surface area (Å²) in [5.74, 6) is -2.18. The first kappa shape index (κ1) is 21.7. The normalized spacial score (nSPS) is 11.0. The Balaban J connectivity index is 2.19. The average Bonchev–Trinajstić information content (AvgIpc) is 2.66. The molecule has 0 bridgehead atoms. The topological polar surface area (TPSA) is 98.3 Å². The molecule has 0 saturated carbocycles. The minimum atomic E-state index is -1.19. The number of carboxylic acids is 1. The summed E-state index contributed by atoms with van der Waals surface area (Å²) in [5.41, 5.74) is 1.06. The van der Waals surface area contributed by atoms with Crippen molar-refractivity contribution in [1.29, 1.82) is 0 Å². The molecule has 0 heterocycles. The van der Waals surface area contributed by atoms with Crippen LogP contribution in [-0.4, -0.2) is 24.3 Å². The largest absolute Gasteiger partial charge is 0.550 e. The minimum Gasteiger partial charge on any atom is -0.550 e. The zero-order valence-electron chi connectivity index (χ0n) is 14.7. The van der Waals surface area contributed by atoms with Crippen molar-refractivity contribution in [2.45, 2.75) is 12.8 Å². The van der Waals surface area contributed by atoms with Crippen LogP contribution in [0.25, 0.3) is 6.08 Å². The number of carbonyl (C=O) groups is 3. The van der Waals surface area contributed by atoms with Crippen LogP contribution in [-0.2, 0) is 9.59 Å². The molecular formula is C20H17BrClN2O4-. The van der Waals surface area contributed by atoms with E-state index in [1.54, 1.807) is 48.5 Å².